The molecule has 0 heterocycles. The molecule has 1 aliphatic carbocycles. The van der Waals surface area contributed by atoms with Gasteiger partial charge in [-0.3, -0.25) is 0 Å². The van der Waals surface area contributed by atoms with E-state index in [2.05, 4.69) is 10.6 Å². The van der Waals surface area contributed by atoms with E-state index < -0.39 is 59.5 Å². The number of halogens is 6. The minimum absolute atomic E-state index is 0.0550. The van der Waals surface area contributed by atoms with Crippen molar-refractivity contribution in [1.82, 2.24) is 10.6 Å². The van der Waals surface area contributed by atoms with Gasteiger partial charge in [-0.05, 0) is 47.0 Å². The Labute approximate surface area is 216 Å². The van der Waals surface area contributed by atoms with Gasteiger partial charge in [0, 0.05) is 37.8 Å². The van der Waals surface area contributed by atoms with E-state index in [4.69, 9.17) is 4.74 Å². The fraction of sp³-hybridized carbons (Fsp3) is 0.321. The first-order chi connectivity index (χ1) is 17.8. The minimum Gasteiger partial charge on any atom is -0.494 e. The Bertz CT molecular complexity index is 1300. The first-order valence-electron chi connectivity index (χ1n) is 11.9. The molecular weight excluding hydrogens is 510 g/mol. The van der Waals surface area contributed by atoms with Gasteiger partial charge in [-0.15, -0.1) is 0 Å². The van der Waals surface area contributed by atoms with Gasteiger partial charge in [0.25, 0.3) is 11.8 Å². The van der Waals surface area contributed by atoms with Crippen LogP contribution in [0.2, 0.25) is 0 Å². The number of urea groups is 1. The maximum Gasteiger partial charge on any atom is 0.315 e. The molecule has 1 atom stereocenters. The van der Waals surface area contributed by atoms with Crippen molar-refractivity contribution in [2.24, 2.45) is 0 Å². The molecule has 2 amide bonds. The van der Waals surface area contributed by atoms with E-state index in [1.54, 1.807) is 30.3 Å². The molecule has 38 heavy (non-hydrogen) atoms. The number of carbonyl (C=O) groups is 1. The van der Waals surface area contributed by atoms with Crippen molar-refractivity contribution >= 4 is 6.03 Å². The SMILES string of the molecule is COc1cc([C@@](Cc2ccccc2)(NC(=O)NC2CC(F)(F)C2)c2cc(F)cc(C(C)(F)F)c2)ccc1F. The van der Waals surface area contributed by atoms with Crippen molar-refractivity contribution in [2.75, 3.05) is 7.11 Å². The fourth-order valence-electron chi connectivity index (χ4n) is 4.65. The summed E-state index contributed by atoms with van der Waals surface area (Å²) < 4.78 is 89.8. The summed E-state index contributed by atoms with van der Waals surface area (Å²) in [5, 5.41) is 5.20. The quantitative estimate of drug-likeness (QED) is 0.316. The molecule has 1 saturated carbocycles. The standard InChI is InChI=1S/C28H26F6N2O2/c1-26(31,32)19-10-20(12-21(29)11-19)28(14-17-6-4-3-5-7-17,18-8-9-23(30)24(13-18)38-2)36-25(37)35-22-15-27(33,34)16-22/h3-13,22H,14-16H2,1-2H3,(H2,35,36,37)/t28-/m1/s1. The van der Waals surface area contributed by atoms with Gasteiger partial charge in [-0.2, -0.15) is 0 Å². The largest absolute Gasteiger partial charge is 0.494 e. The molecule has 10 heteroatoms. The molecule has 1 aliphatic rings. The van der Waals surface area contributed by atoms with Gasteiger partial charge in [-0.1, -0.05) is 36.4 Å². The van der Waals surface area contributed by atoms with E-state index >= 15 is 0 Å². The molecule has 0 saturated heterocycles. The predicted molar refractivity (Wildman–Crippen MR) is 129 cm³/mol. The van der Waals surface area contributed by atoms with Crippen molar-refractivity contribution < 1.29 is 35.9 Å². The monoisotopic (exact) mass is 536 g/mol. The van der Waals surface area contributed by atoms with Crippen LogP contribution in [0.5, 0.6) is 5.75 Å². The van der Waals surface area contributed by atoms with E-state index in [1.165, 1.54) is 19.2 Å². The molecule has 0 radical (unpaired) electrons. The molecule has 0 aromatic heterocycles. The Morgan fingerprint density at radius 3 is 2.24 bits per heavy atom. The first-order valence-corrected chi connectivity index (χ1v) is 11.9. The normalized spacial score (nSPS) is 16.7. The molecule has 3 aromatic rings. The topological polar surface area (TPSA) is 50.4 Å². The van der Waals surface area contributed by atoms with Gasteiger partial charge in [0.05, 0.1) is 12.6 Å². The summed E-state index contributed by atoms with van der Waals surface area (Å²) in [6.07, 6.45) is -1.18. The van der Waals surface area contributed by atoms with E-state index in [0.717, 1.165) is 18.2 Å². The number of benzene rings is 3. The number of hydrogen-bond acceptors (Lipinski definition) is 2. The summed E-state index contributed by atoms with van der Waals surface area (Å²) >= 11 is 0. The van der Waals surface area contributed by atoms with E-state index in [0.29, 0.717) is 18.6 Å². The van der Waals surface area contributed by atoms with Gasteiger partial charge in [-0.25, -0.2) is 31.1 Å². The Hall–Kier alpha value is -3.69. The lowest BCUT2D eigenvalue weighted by atomic mass is 9.77. The number of ether oxygens (including phenoxy) is 1. The van der Waals surface area contributed by atoms with E-state index in [1.807, 2.05) is 0 Å². The molecule has 4 nitrogen and oxygen atoms in total. The zero-order valence-corrected chi connectivity index (χ0v) is 20.6. The van der Waals surface area contributed by atoms with Crippen LogP contribution < -0.4 is 15.4 Å². The molecule has 0 spiro atoms. The van der Waals surface area contributed by atoms with Crippen LogP contribution in [-0.2, 0) is 17.9 Å². The Morgan fingerprint density at radius 2 is 1.63 bits per heavy atom. The molecular formula is C28H26F6N2O2. The fourth-order valence-corrected chi connectivity index (χ4v) is 4.65. The Balaban J connectivity index is 1.90. The van der Waals surface area contributed by atoms with Crippen LogP contribution in [-0.4, -0.2) is 25.1 Å². The van der Waals surface area contributed by atoms with Crippen molar-refractivity contribution in [3.05, 3.63) is 101 Å². The number of alkyl halides is 4. The van der Waals surface area contributed by atoms with Crippen molar-refractivity contribution in [2.45, 2.75) is 49.6 Å². The predicted octanol–water partition coefficient (Wildman–Crippen LogP) is 6.67. The van der Waals surface area contributed by atoms with Crippen molar-refractivity contribution in [1.29, 1.82) is 0 Å². The van der Waals surface area contributed by atoms with Gasteiger partial charge < -0.3 is 15.4 Å². The van der Waals surface area contributed by atoms with Gasteiger partial charge in [0.2, 0.25) is 0 Å². The van der Waals surface area contributed by atoms with Gasteiger partial charge >= 0.3 is 6.03 Å². The van der Waals surface area contributed by atoms with E-state index in [-0.39, 0.29) is 23.3 Å². The molecule has 2 N–H and O–H groups in total. The lowest BCUT2D eigenvalue weighted by Gasteiger charge is -2.39. The summed E-state index contributed by atoms with van der Waals surface area (Å²) in [6.45, 7) is 0.613. The number of amides is 2. The third-order valence-electron chi connectivity index (χ3n) is 6.61. The van der Waals surface area contributed by atoms with Crippen LogP contribution in [0, 0.1) is 11.6 Å². The second-order valence-electron chi connectivity index (χ2n) is 9.59. The lowest BCUT2D eigenvalue weighted by molar-refractivity contribution is -0.0897. The molecule has 3 aromatic carbocycles. The first kappa shape index (κ1) is 27.3. The van der Waals surface area contributed by atoms with Crippen LogP contribution in [0.25, 0.3) is 0 Å². The smallest absolute Gasteiger partial charge is 0.315 e. The highest BCUT2D eigenvalue weighted by atomic mass is 19.3. The molecule has 0 bridgehead atoms. The van der Waals surface area contributed by atoms with Gasteiger partial charge in [0.15, 0.2) is 11.6 Å². The van der Waals surface area contributed by atoms with Crippen LogP contribution in [0.1, 0.15) is 42.0 Å². The molecule has 0 unspecified atom stereocenters. The summed E-state index contributed by atoms with van der Waals surface area (Å²) in [5.74, 6) is -8.21. The Morgan fingerprint density at radius 1 is 0.974 bits per heavy atom. The molecule has 1 fully saturated rings. The minimum atomic E-state index is -3.42. The maximum absolute atomic E-state index is 14.8. The zero-order valence-electron chi connectivity index (χ0n) is 20.6. The molecule has 0 aliphatic heterocycles. The third-order valence-corrected chi connectivity index (χ3v) is 6.61. The average molecular weight is 537 g/mol. The summed E-state index contributed by atoms with van der Waals surface area (Å²) in [4.78, 5) is 13.2. The lowest BCUT2D eigenvalue weighted by Crippen LogP contribution is -2.58. The third kappa shape index (κ3) is 5.89. The number of rotatable bonds is 8. The zero-order chi connectivity index (χ0) is 27.7. The second kappa shape index (κ2) is 10.2. The highest BCUT2D eigenvalue weighted by Crippen LogP contribution is 2.40. The van der Waals surface area contributed by atoms with Crippen LogP contribution in [0.4, 0.5) is 31.1 Å². The number of hydrogen-bond donors (Lipinski definition) is 2. The van der Waals surface area contributed by atoms with Crippen molar-refractivity contribution in [3.63, 3.8) is 0 Å². The van der Waals surface area contributed by atoms with Crippen molar-refractivity contribution in [3.8, 4) is 5.75 Å². The average Bonchev–Trinajstić information content (AvgIpc) is 2.82. The summed E-state index contributed by atoms with van der Waals surface area (Å²) in [5.41, 5.74) is -1.61. The second-order valence-corrected chi connectivity index (χ2v) is 9.59. The number of nitrogens with one attached hydrogen (secondary N) is 2. The number of carbonyl (C=O) groups excluding carboxylic acids is 1. The Kier molecular flexibility index (Phi) is 7.36. The molecule has 202 valence electrons. The maximum atomic E-state index is 14.8. The highest BCUT2D eigenvalue weighted by Gasteiger charge is 2.47. The molecule has 4 rings (SSSR count). The highest BCUT2D eigenvalue weighted by molar-refractivity contribution is 5.77. The summed E-state index contributed by atoms with van der Waals surface area (Å²) in [7, 11) is 1.23. The van der Waals surface area contributed by atoms with E-state index in [9.17, 15) is 31.1 Å². The summed E-state index contributed by atoms with van der Waals surface area (Å²) in [6, 6.07) is 13.4. The van der Waals surface area contributed by atoms with Crippen LogP contribution in [0.3, 0.4) is 0 Å². The van der Waals surface area contributed by atoms with Gasteiger partial charge in [0.1, 0.15) is 5.82 Å². The van der Waals surface area contributed by atoms with Crippen LogP contribution in [0.15, 0.2) is 66.7 Å². The van der Waals surface area contributed by atoms with Crippen LogP contribution >= 0.6 is 0 Å². The number of methoxy groups -OCH3 is 1.